The molecule has 6 nitrogen and oxygen atoms in total. The molecule has 0 saturated heterocycles. The number of benzene rings is 1. The number of hydrogen-bond acceptors (Lipinski definition) is 6. The third kappa shape index (κ3) is 2.70. The van der Waals surface area contributed by atoms with E-state index in [4.69, 9.17) is 17.2 Å². The second-order valence-electron chi connectivity index (χ2n) is 3.37. The molecular formula is C10H11N5OS. The molecule has 0 fully saturated rings. The van der Waals surface area contributed by atoms with Crippen LogP contribution in [0.3, 0.4) is 0 Å². The van der Waals surface area contributed by atoms with E-state index in [0.717, 1.165) is 4.90 Å². The van der Waals surface area contributed by atoms with Gasteiger partial charge in [0.25, 0.3) is 5.56 Å². The van der Waals surface area contributed by atoms with Gasteiger partial charge in [0, 0.05) is 11.0 Å². The predicted octanol–water partition coefficient (Wildman–Crippen LogP) is 0.668. The lowest BCUT2D eigenvalue weighted by atomic mass is 10.3. The normalized spacial score (nSPS) is 10.4. The van der Waals surface area contributed by atoms with Gasteiger partial charge in [-0.05, 0) is 18.2 Å². The fourth-order valence-electron chi connectivity index (χ4n) is 1.23. The summed E-state index contributed by atoms with van der Waals surface area (Å²) in [6, 6.07) is 6.42. The average Bonchev–Trinajstić information content (AvgIpc) is 2.22. The molecule has 0 unspecified atom stereocenters. The molecule has 0 bridgehead atoms. The number of aromatic amines is 1. The minimum absolute atomic E-state index is 0.180. The number of nitrogen functional groups attached to an aromatic ring is 3. The van der Waals surface area contributed by atoms with E-state index in [-0.39, 0.29) is 11.4 Å². The van der Waals surface area contributed by atoms with E-state index in [0.29, 0.717) is 16.5 Å². The Labute approximate surface area is 101 Å². The molecule has 0 spiro atoms. The summed E-state index contributed by atoms with van der Waals surface area (Å²) in [5.74, 6) is 0.180. The van der Waals surface area contributed by atoms with Crippen LogP contribution in [0.5, 0.6) is 0 Å². The molecular weight excluding hydrogens is 238 g/mol. The summed E-state index contributed by atoms with van der Waals surface area (Å²) in [4.78, 5) is 18.6. The molecule has 2 rings (SSSR count). The minimum Gasteiger partial charge on any atom is -0.397 e. The first kappa shape index (κ1) is 11.3. The smallest absolute Gasteiger partial charge is 0.253 e. The highest BCUT2D eigenvalue weighted by molar-refractivity contribution is 7.99. The van der Waals surface area contributed by atoms with Crippen LogP contribution in [0.2, 0.25) is 0 Å². The topological polar surface area (TPSA) is 124 Å². The lowest BCUT2D eigenvalue weighted by Gasteiger charge is -2.04. The van der Waals surface area contributed by atoms with Gasteiger partial charge in [0.05, 0.1) is 11.4 Å². The van der Waals surface area contributed by atoms with Crippen LogP contribution in [0.1, 0.15) is 0 Å². The Morgan fingerprint density at radius 1 is 1.12 bits per heavy atom. The summed E-state index contributed by atoms with van der Waals surface area (Å²) in [7, 11) is 0. The maximum absolute atomic E-state index is 11.2. The molecule has 88 valence electrons. The van der Waals surface area contributed by atoms with Gasteiger partial charge < -0.3 is 22.2 Å². The lowest BCUT2D eigenvalue weighted by molar-refractivity contribution is 0.945. The zero-order valence-electron chi connectivity index (χ0n) is 8.81. The molecule has 1 heterocycles. The highest BCUT2D eigenvalue weighted by Gasteiger charge is 2.03. The van der Waals surface area contributed by atoms with Gasteiger partial charge in [0.15, 0.2) is 5.16 Å². The van der Waals surface area contributed by atoms with E-state index >= 15 is 0 Å². The highest BCUT2D eigenvalue weighted by atomic mass is 32.2. The molecule has 1 aromatic carbocycles. The van der Waals surface area contributed by atoms with Crippen LogP contribution in [-0.2, 0) is 0 Å². The van der Waals surface area contributed by atoms with Crippen molar-refractivity contribution in [3.8, 4) is 0 Å². The number of H-pyrrole nitrogens is 1. The number of hydrogen-bond donors (Lipinski definition) is 4. The van der Waals surface area contributed by atoms with Gasteiger partial charge in [-0.1, -0.05) is 11.8 Å². The van der Waals surface area contributed by atoms with Crippen LogP contribution < -0.4 is 22.8 Å². The zero-order valence-corrected chi connectivity index (χ0v) is 9.62. The van der Waals surface area contributed by atoms with Gasteiger partial charge in [-0.3, -0.25) is 4.79 Å². The van der Waals surface area contributed by atoms with Gasteiger partial charge in [-0.2, -0.15) is 0 Å². The maximum atomic E-state index is 11.2. The fraction of sp³-hybridized carbons (Fsp3) is 0. The van der Waals surface area contributed by atoms with E-state index in [2.05, 4.69) is 9.97 Å². The third-order valence-electron chi connectivity index (χ3n) is 2.01. The SMILES string of the molecule is Nc1cc(=O)[nH]c(Sc2ccc(N)c(N)c2)n1. The first-order valence-electron chi connectivity index (χ1n) is 4.74. The van der Waals surface area contributed by atoms with Crippen molar-refractivity contribution in [2.24, 2.45) is 0 Å². The fourth-order valence-corrected chi connectivity index (χ4v) is 2.08. The van der Waals surface area contributed by atoms with Crippen molar-refractivity contribution in [3.05, 3.63) is 34.6 Å². The Hall–Kier alpha value is -2.15. The van der Waals surface area contributed by atoms with Gasteiger partial charge >= 0.3 is 0 Å². The number of anilines is 3. The quantitative estimate of drug-likeness (QED) is 0.458. The van der Waals surface area contributed by atoms with Crippen molar-refractivity contribution in [1.29, 1.82) is 0 Å². The Morgan fingerprint density at radius 3 is 2.53 bits per heavy atom. The van der Waals surface area contributed by atoms with Crippen LogP contribution in [0.15, 0.2) is 39.1 Å². The van der Waals surface area contributed by atoms with E-state index in [1.807, 2.05) is 0 Å². The molecule has 0 aliphatic rings. The van der Waals surface area contributed by atoms with Crippen molar-refractivity contribution in [3.63, 3.8) is 0 Å². The van der Waals surface area contributed by atoms with Crippen LogP contribution in [0.4, 0.5) is 17.2 Å². The van der Waals surface area contributed by atoms with Crippen LogP contribution in [0.25, 0.3) is 0 Å². The predicted molar refractivity (Wildman–Crippen MR) is 68.7 cm³/mol. The van der Waals surface area contributed by atoms with Gasteiger partial charge in [0.1, 0.15) is 5.82 Å². The average molecular weight is 249 g/mol. The maximum Gasteiger partial charge on any atom is 0.253 e. The van der Waals surface area contributed by atoms with Crippen LogP contribution >= 0.6 is 11.8 Å². The molecule has 7 N–H and O–H groups in total. The lowest BCUT2D eigenvalue weighted by Crippen LogP contribution is -2.09. The Morgan fingerprint density at radius 2 is 1.88 bits per heavy atom. The van der Waals surface area contributed by atoms with Crippen molar-refractivity contribution in [2.75, 3.05) is 17.2 Å². The molecule has 0 atom stereocenters. The Balaban J connectivity index is 2.31. The second kappa shape index (κ2) is 4.38. The summed E-state index contributed by atoms with van der Waals surface area (Å²) < 4.78 is 0. The number of nitrogens with zero attached hydrogens (tertiary/aromatic N) is 1. The van der Waals surface area contributed by atoms with Crippen LogP contribution in [-0.4, -0.2) is 9.97 Å². The first-order chi connectivity index (χ1) is 8.04. The third-order valence-corrected chi connectivity index (χ3v) is 2.89. The summed E-state index contributed by atoms with van der Waals surface area (Å²) >= 11 is 1.26. The summed E-state index contributed by atoms with van der Waals surface area (Å²) in [6.45, 7) is 0. The largest absolute Gasteiger partial charge is 0.397 e. The van der Waals surface area contributed by atoms with Crippen molar-refractivity contribution in [1.82, 2.24) is 9.97 Å². The van der Waals surface area contributed by atoms with E-state index in [9.17, 15) is 4.79 Å². The van der Waals surface area contributed by atoms with Crippen molar-refractivity contribution in [2.45, 2.75) is 10.1 Å². The Bertz CT molecular complexity index is 610. The molecule has 7 heteroatoms. The summed E-state index contributed by atoms with van der Waals surface area (Å²) in [6.07, 6.45) is 0. The van der Waals surface area contributed by atoms with E-state index in [1.165, 1.54) is 17.8 Å². The van der Waals surface area contributed by atoms with Crippen LogP contribution in [0, 0.1) is 0 Å². The van der Waals surface area contributed by atoms with E-state index in [1.54, 1.807) is 18.2 Å². The van der Waals surface area contributed by atoms with Gasteiger partial charge in [-0.25, -0.2) is 4.98 Å². The summed E-state index contributed by atoms with van der Waals surface area (Å²) in [5.41, 5.74) is 17.5. The first-order valence-corrected chi connectivity index (χ1v) is 5.56. The van der Waals surface area contributed by atoms with Crippen molar-refractivity contribution < 1.29 is 0 Å². The molecule has 17 heavy (non-hydrogen) atoms. The molecule has 0 aliphatic carbocycles. The second-order valence-corrected chi connectivity index (χ2v) is 4.43. The minimum atomic E-state index is -0.289. The molecule has 0 amide bonds. The number of aromatic nitrogens is 2. The monoisotopic (exact) mass is 249 g/mol. The molecule has 0 radical (unpaired) electrons. The highest BCUT2D eigenvalue weighted by Crippen LogP contribution is 2.28. The summed E-state index contributed by atoms with van der Waals surface area (Å²) in [5, 5.41) is 0.416. The molecule has 0 saturated carbocycles. The standard InChI is InChI=1S/C10H11N5OS/c11-6-2-1-5(3-7(6)12)17-10-14-8(13)4-9(16)15-10/h1-4H,11-12H2,(H3,13,14,15,16). The number of nitrogens with one attached hydrogen (secondary N) is 1. The van der Waals surface area contributed by atoms with Gasteiger partial charge in [0.2, 0.25) is 0 Å². The van der Waals surface area contributed by atoms with Gasteiger partial charge in [-0.15, -0.1) is 0 Å². The Kier molecular flexibility index (Phi) is 2.92. The molecule has 0 aliphatic heterocycles. The molecule has 1 aromatic heterocycles. The number of rotatable bonds is 2. The molecule has 2 aromatic rings. The van der Waals surface area contributed by atoms with E-state index < -0.39 is 0 Å². The number of nitrogens with two attached hydrogens (primary N) is 3. The van der Waals surface area contributed by atoms with Crippen molar-refractivity contribution >= 4 is 29.0 Å². The zero-order chi connectivity index (χ0) is 12.4.